The molecule has 0 fully saturated rings. The van der Waals surface area contributed by atoms with E-state index in [1.54, 1.807) is 39.0 Å². The van der Waals surface area contributed by atoms with Crippen LogP contribution in [0, 0.1) is 4.91 Å². The van der Waals surface area contributed by atoms with Gasteiger partial charge in [-0.05, 0) is 65.8 Å². The SMILES string of the molecule is CCOC(=O)C(C)(C)Oc1ccc(C(N=O)c2cccs2)cc1Br. The van der Waals surface area contributed by atoms with Crippen LogP contribution in [0.1, 0.15) is 37.3 Å². The Kier molecular flexibility index (Phi) is 6.12. The van der Waals surface area contributed by atoms with Crippen molar-refractivity contribution in [1.29, 1.82) is 0 Å². The molecule has 0 aliphatic rings. The molecule has 0 bridgehead atoms. The van der Waals surface area contributed by atoms with Crippen LogP contribution >= 0.6 is 27.3 Å². The standard InChI is InChI=1S/C17H18BrNO4S/c1-4-22-16(20)17(2,3)23-13-8-7-11(10-12(13)18)15(19-21)14-6-5-9-24-14/h5-10,15H,4H2,1-3H3. The Morgan fingerprint density at radius 2 is 2.12 bits per heavy atom. The van der Waals surface area contributed by atoms with Gasteiger partial charge in [-0.1, -0.05) is 17.3 Å². The highest BCUT2D eigenvalue weighted by molar-refractivity contribution is 9.10. The third-order valence-corrected chi connectivity index (χ3v) is 4.87. The topological polar surface area (TPSA) is 65.0 Å². The summed E-state index contributed by atoms with van der Waals surface area (Å²) in [5.41, 5.74) is -0.364. The first kappa shape index (κ1) is 18.6. The number of carbonyl (C=O) groups is 1. The van der Waals surface area contributed by atoms with Gasteiger partial charge in [0.15, 0.2) is 11.6 Å². The summed E-state index contributed by atoms with van der Waals surface area (Å²) < 4.78 is 11.4. The van der Waals surface area contributed by atoms with Crippen molar-refractivity contribution in [3.8, 4) is 5.75 Å². The van der Waals surface area contributed by atoms with E-state index in [0.29, 0.717) is 16.8 Å². The summed E-state index contributed by atoms with van der Waals surface area (Å²) in [6.45, 7) is 5.33. The first-order valence-corrected chi connectivity index (χ1v) is 9.08. The van der Waals surface area contributed by atoms with E-state index in [0.717, 1.165) is 10.4 Å². The van der Waals surface area contributed by atoms with Crippen LogP contribution in [0.4, 0.5) is 0 Å². The molecule has 1 aromatic heterocycles. The Balaban J connectivity index is 2.24. The second kappa shape index (κ2) is 7.90. The maximum Gasteiger partial charge on any atom is 0.349 e. The van der Waals surface area contributed by atoms with Crippen LogP contribution in [0.2, 0.25) is 0 Å². The molecule has 1 aromatic carbocycles. The van der Waals surface area contributed by atoms with E-state index >= 15 is 0 Å². The number of nitroso groups, excluding NO2 is 1. The third kappa shape index (κ3) is 4.21. The molecule has 128 valence electrons. The summed E-state index contributed by atoms with van der Waals surface area (Å²) in [4.78, 5) is 24.1. The molecule has 0 saturated heterocycles. The Labute approximate surface area is 153 Å². The van der Waals surface area contributed by atoms with E-state index in [-0.39, 0.29) is 0 Å². The number of hydrogen-bond donors (Lipinski definition) is 0. The van der Waals surface area contributed by atoms with Gasteiger partial charge in [0.2, 0.25) is 0 Å². The zero-order valence-electron chi connectivity index (χ0n) is 13.6. The highest BCUT2D eigenvalue weighted by Crippen LogP contribution is 2.35. The highest BCUT2D eigenvalue weighted by Gasteiger charge is 2.32. The van der Waals surface area contributed by atoms with Gasteiger partial charge >= 0.3 is 5.97 Å². The summed E-state index contributed by atoms with van der Waals surface area (Å²) >= 11 is 4.91. The number of hydrogen-bond acceptors (Lipinski definition) is 6. The number of thiophene rings is 1. The summed E-state index contributed by atoms with van der Waals surface area (Å²) in [5.74, 6) is 0.0552. The molecular weight excluding hydrogens is 394 g/mol. The zero-order valence-corrected chi connectivity index (χ0v) is 16.0. The largest absolute Gasteiger partial charge is 0.475 e. The molecule has 0 saturated carbocycles. The summed E-state index contributed by atoms with van der Waals surface area (Å²) in [7, 11) is 0. The molecule has 1 heterocycles. The van der Waals surface area contributed by atoms with Crippen molar-refractivity contribution >= 4 is 33.2 Å². The van der Waals surface area contributed by atoms with E-state index in [2.05, 4.69) is 21.1 Å². The molecule has 0 aliphatic carbocycles. The molecule has 2 aromatic rings. The van der Waals surface area contributed by atoms with Gasteiger partial charge in [0.1, 0.15) is 5.75 Å². The normalized spacial score (nSPS) is 12.5. The molecule has 0 N–H and O–H groups in total. The molecule has 0 amide bonds. The number of halogens is 1. The average molecular weight is 412 g/mol. The van der Waals surface area contributed by atoms with Crippen LogP contribution in [0.25, 0.3) is 0 Å². The Bertz CT molecular complexity index is 715. The summed E-state index contributed by atoms with van der Waals surface area (Å²) in [6.07, 6.45) is 0. The van der Waals surface area contributed by atoms with Crippen molar-refractivity contribution in [3.63, 3.8) is 0 Å². The van der Waals surface area contributed by atoms with Gasteiger partial charge in [-0.25, -0.2) is 4.79 Å². The smallest absolute Gasteiger partial charge is 0.349 e. The third-order valence-electron chi connectivity index (χ3n) is 3.32. The molecule has 0 spiro atoms. The first-order chi connectivity index (χ1) is 11.4. The molecule has 1 unspecified atom stereocenters. The van der Waals surface area contributed by atoms with E-state index in [1.807, 2.05) is 17.5 Å². The van der Waals surface area contributed by atoms with Gasteiger partial charge in [0, 0.05) is 4.88 Å². The molecule has 0 radical (unpaired) electrons. The van der Waals surface area contributed by atoms with Crippen molar-refractivity contribution in [2.24, 2.45) is 5.18 Å². The minimum absolute atomic E-state index is 0.291. The Hall–Kier alpha value is -1.73. The lowest BCUT2D eigenvalue weighted by Gasteiger charge is -2.25. The second-order valence-corrected chi connectivity index (χ2v) is 7.38. The van der Waals surface area contributed by atoms with Crippen LogP contribution < -0.4 is 4.74 Å². The summed E-state index contributed by atoms with van der Waals surface area (Å²) in [6, 6.07) is 8.46. The van der Waals surface area contributed by atoms with Crippen molar-refractivity contribution in [2.75, 3.05) is 6.61 Å². The maximum atomic E-state index is 11.9. The van der Waals surface area contributed by atoms with E-state index < -0.39 is 17.6 Å². The number of carbonyl (C=O) groups excluding carboxylic acids is 1. The van der Waals surface area contributed by atoms with Gasteiger partial charge in [0.25, 0.3) is 0 Å². The predicted octanol–water partition coefficient (Wildman–Crippen LogP) is 5.09. The van der Waals surface area contributed by atoms with Gasteiger partial charge in [0.05, 0.1) is 11.1 Å². The van der Waals surface area contributed by atoms with Gasteiger partial charge in [-0.15, -0.1) is 16.2 Å². The minimum atomic E-state index is -1.11. The maximum absolute atomic E-state index is 11.9. The average Bonchev–Trinajstić information content (AvgIpc) is 3.05. The van der Waals surface area contributed by atoms with E-state index in [4.69, 9.17) is 9.47 Å². The van der Waals surface area contributed by atoms with Crippen LogP contribution in [0.15, 0.2) is 45.4 Å². The molecule has 0 aliphatic heterocycles. The lowest BCUT2D eigenvalue weighted by Crippen LogP contribution is -2.39. The Morgan fingerprint density at radius 3 is 2.67 bits per heavy atom. The van der Waals surface area contributed by atoms with Crippen LogP contribution in [-0.4, -0.2) is 18.2 Å². The predicted molar refractivity (Wildman–Crippen MR) is 97.4 cm³/mol. The van der Waals surface area contributed by atoms with Crippen molar-refractivity contribution in [3.05, 3.63) is 55.5 Å². The van der Waals surface area contributed by atoms with Crippen LogP contribution in [-0.2, 0) is 9.53 Å². The highest BCUT2D eigenvalue weighted by atomic mass is 79.9. The number of benzene rings is 1. The van der Waals surface area contributed by atoms with Crippen molar-refractivity contribution in [2.45, 2.75) is 32.4 Å². The zero-order chi connectivity index (χ0) is 17.7. The van der Waals surface area contributed by atoms with Crippen molar-refractivity contribution in [1.82, 2.24) is 0 Å². The molecule has 7 heteroatoms. The fraction of sp³-hybridized carbons (Fsp3) is 0.353. The first-order valence-electron chi connectivity index (χ1n) is 7.40. The number of nitrogens with zero attached hydrogens (tertiary/aromatic N) is 1. The van der Waals surface area contributed by atoms with Gasteiger partial charge in [-0.2, -0.15) is 0 Å². The lowest BCUT2D eigenvalue weighted by atomic mass is 10.1. The minimum Gasteiger partial charge on any atom is -0.475 e. The molecule has 24 heavy (non-hydrogen) atoms. The van der Waals surface area contributed by atoms with Crippen LogP contribution in [0.3, 0.4) is 0 Å². The second-order valence-electron chi connectivity index (χ2n) is 5.55. The molecular formula is C17H18BrNO4S. The monoisotopic (exact) mass is 411 g/mol. The fourth-order valence-corrected chi connectivity index (χ4v) is 3.37. The Morgan fingerprint density at radius 1 is 1.38 bits per heavy atom. The summed E-state index contributed by atoms with van der Waals surface area (Å²) in [5, 5.41) is 5.13. The lowest BCUT2D eigenvalue weighted by molar-refractivity contribution is -0.158. The van der Waals surface area contributed by atoms with Crippen molar-refractivity contribution < 1.29 is 14.3 Å². The van der Waals surface area contributed by atoms with E-state index in [9.17, 15) is 9.70 Å². The fourth-order valence-electron chi connectivity index (χ4n) is 2.12. The quantitative estimate of drug-likeness (QED) is 0.470. The van der Waals surface area contributed by atoms with E-state index in [1.165, 1.54) is 11.3 Å². The van der Waals surface area contributed by atoms with Gasteiger partial charge < -0.3 is 9.47 Å². The molecule has 5 nitrogen and oxygen atoms in total. The van der Waals surface area contributed by atoms with Crippen LogP contribution in [0.5, 0.6) is 5.75 Å². The number of esters is 1. The molecule has 2 rings (SSSR count). The molecule has 1 atom stereocenters. The van der Waals surface area contributed by atoms with Gasteiger partial charge in [-0.3, -0.25) is 0 Å². The number of ether oxygens (including phenoxy) is 2. The number of rotatable bonds is 7.